The maximum absolute atomic E-state index is 10.3. The largest absolute Gasteiger partial charge is 0.391 e. The van der Waals surface area contributed by atoms with Crippen molar-refractivity contribution in [1.29, 1.82) is 0 Å². The van der Waals surface area contributed by atoms with Crippen LogP contribution in [0.4, 0.5) is 0 Å². The molecule has 2 aromatic rings. The van der Waals surface area contributed by atoms with Gasteiger partial charge in [-0.25, -0.2) is 4.68 Å². The number of aliphatic hydroxyl groups is 1. The lowest BCUT2D eigenvalue weighted by Gasteiger charge is -2.25. The van der Waals surface area contributed by atoms with Gasteiger partial charge in [0.15, 0.2) is 0 Å². The Kier molecular flexibility index (Phi) is 4.11. The molecule has 0 aliphatic heterocycles. The monoisotopic (exact) mass is 271 g/mol. The smallest absolute Gasteiger partial charge is 0.113 e. The van der Waals surface area contributed by atoms with Gasteiger partial charge in [-0.05, 0) is 12.8 Å². The van der Waals surface area contributed by atoms with Gasteiger partial charge in [0.1, 0.15) is 5.69 Å². The van der Waals surface area contributed by atoms with Crippen LogP contribution in [0.5, 0.6) is 0 Å². The van der Waals surface area contributed by atoms with Crippen LogP contribution in [0.2, 0.25) is 0 Å². The van der Waals surface area contributed by atoms with Gasteiger partial charge >= 0.3 is 0 Å². The summed E-state index contributed by atoms with van der Waals surface area (Å²) in [6.45, 7) is 0. The molecule has 3 rings (SSSR count). The maximum Gasteiger partial charge on any atom is 0.113 e. The summed E-state index contributed by atoms with van der Waals surface area (Å²) in [5.74, 6) is 0. The maximum atomic E-state index is 10.3. The molecule has 1 aromatic heterocycles. The molecular formula is C16H21N3O. The van der Waals surface area contributed by atoms with Gasteiger partial charge < -0.3 is 5.11 Å². The Morgan fingerprint density at radius 3 is 2.55 bits per heavy atom. The number of rotatable bonds is 2. The van der Waals surface area contributed by atoms with Crippen LogP contribution in [-0.4, -0.2) is 26.2 Å². The zero-order valence-corrected chi connectivity index (χ0v) is 11.7. The fourth-order valence-corrected chi connectivity index (χ4v) is 2.93. The van der Waals surface area contributed by atoms with E-state index in [4.69, 9.17) is 0 Å². The molecule has 2 unspecified atom stereocenters. The summed E-state index contributed by atoms with van der Waals surface area (Å²) in [4.78, 5) is 0. The highest BCUT2D eigenvalue weighted by Crippen LogP contribution is 2.27. The Bertz CT molecular complexity index is 538. The molecule has 0 saturated heterocycles. The van der Waals surface area contributed by atoms with Crippen molar-refractivity contribution in [3.63, 3.8) is 0 Å². The predicted molar refractivity (Wildman–Crippen MR) is 78.2 cm³/mol. The van der Waals surface area contributed by atoms with E-state index >= 15 is 0 Å². The molecule has 1 heterocycles. The number of aromatic nitrogens is 3. The molecule has 20 heavy (non-hydrogen) atoms. The predicted octanol–water partition coefficient (Wildman–Crippen LogP) is 3.20. The molecule has 1 N–H and O–H groups in total. The lowest BCUT2D eigenvalue weighted by molar-refractivity contribution is 0.0816. The molecule has 0 bridgehead atoms. The van der Waals surface area contributed by atoms with Crippen molar-refractivity contribution in [2.24, 2.45) is 0 Å². The third-order valence-electron chi connectivity index (χ3n) is 4.11. The molecular weight excluding hydrogens is 250 g/mol. The summed E-state index contributed by atoms with van der Waals surface area (Å²) in [5.41, 5.74) is 1.94. The molecule has 0 radical (unpaired) electrons. The fraction of sp³-hybridized carbons (Fsp3) is 0.500. The highest BCUT2D eigenvalue weighted by Gasteiger charge is 2.23. The van der Waals surface area contributed by atoms with Gasteiger partial charge in [-0.3, -0.25) is 0 Å². The molecule has 4 heteroatoms. The number of benzene rings is 1. The van der Waals surface area contributed by atoms with E-state index in [9.17, 15) is 5.11 Å². The van der Waals surface area contributed by atoms with Crippen LogP contribution in [0.15, 0.2) is 36.5 Å². The fourth-order valence-electron chi connectivity index (χ4n) is 2.93. The van der Waals surface area contributed by atoms with Gasteiger partial charge in [-0.1, -0.05) is 61.2 Å². The summed E-state index contributed by atoms with van der Waals surface area (Å²) in [7, 11) is 0. The molecule has 1 aromatic carbocycles. The summed E-state index contributed by atoms with van der Waals surface area (Å²) < 4.78 is 1.86. The molecule has 1 fully saturated rings. The molecule has 106 valence electrons. The minimum Gasteiger partial charge on any atom is -0.391 e. The Morgan fingerprint density at radius 1 is 1.00 bits per heavy atom. The molecule has 4 nitrogen and oxygen atoms in total. The summed E-state index contributed by atoms with van der Waals surface area (Å²) in [6, 6.07) is 10.1. The van der Waals surface area contributed by atoms with Crippen LogP contribution in [0.1, 0.15) is 44.6 Å². The Labute approximate surface area is 119 Å². The van der Waals surface area contributed by atoms with E-state index in [1.54, 1.807) is 0 Å². The number of aliphatic hydroxyl groups excluding tert-OH is 1. The highest BCUT2D eigenvalue weighted by atomic mass is 16.3. The first kappa shape index (κ1) is 13.3. The van der Waals surface area contributed by atoms with E-state index in [1.807, 2.05) is 41.2 Å². The van der Waals surface area contributed by atoms with Gasteiger partial charge in [0, 0.05) is 5.56 Å². The lowest BCUT2D eigenvalue weighted by Crippen LogP contribution is -2.26. The third kappa shape index (κ3) is 2.90. The number of nitrogens with zero attached hydrogens (tertiary/aromatic N) is 3. The molecule has 1 saturated carbocycles. The second-order valence-electron chi connectivity index (χ2n) is 5.58. The van der Waals surface area contributed by atoms with E-state index in [-0.39, 0.29) is 12.1 Å². The van der Waals surface area contributed by atoms with E-state index in [1.165, 1.54) is 12.8 Å². The van der Waals surface area contributed by atoms with Gasteiger partial charge in [0.2, 0.25) is 0 Å². The van der Waals surface area contributed by atoms with Gasteiger partial charge in [-0.15, -0.1) is 5.10 Å². The Balaban J connectivity index is 1.81. The first-order valence-corrected chi connectivity index (χ1v) is 7.50. The van der Waals surface area contributed by atoms with Crippen LogP contribution in [0, 0.1) is 0 Å². The first-order chi connectivity index (χ1) is 9.84. The molecule has 0 amide bonds. The topological polar surface area (TPSA) is 50.9 Å². The average Bonchev–Trinajstić information content (AvgIpc) is 2.94. The molecule has 1 aliphatic carbocycles. The van der Waals surface area contributed by atoms with E-state index in [0.29, 0.717) is 0 Å². The van der Waals surface area contributed by atoms with Crippen LogP contribution in [-0.2, 0) is 0 Å². The van der Waals surface area contributed by atoms with Crippen molar-refractivity contribution in [2.45, 2.75) is 50.7 Å². The Morgan fingerprint density at radius 2 is 1.75 bits per heavy atom. The SMILES string of the molecule is OC1CCCCCCC1n1cc(-c2ccccc2)nn1. The van der Waals surface area contributed by atoms with Crippen molar-refractivity contribution in [3.05, 3.63) is 36.5 Å². The first-order valence-electron chi connectivity index (χ1n) is 7.50. The quantitative estimate of drug-likeness (QED) is 0.912. The third-order valence-corrected chi connectivity index (χ3v) is 4.11. The van der Waals surface area contributed by atoms with E-state index < -0.39 is 0 Å². The van der Waals surface area contributed by atoms with Crippen LogP contribution in [0.3, 0.4) is 0 Å². The minimum absolute atomic E-state index is 0.0697. The zero-order chi connectivity index (χ0) is 13.8. The van der Waals surface area contributed by atoms with Gasteiger partial charge in [0.25, 0.3) is 0 Å². The second-order valence-corrected chi connectivity index (χ2v) is 5.58. The standard InChI is InChI=1S/C16H21N3O/c20-16-11-7-2-1-6-10-15(16)19-12-14(17-18-19)13-8-4-3-5-9-13/h3-5,8-9,12,15-16,20H,1-2,6-7,10-11H2. The van der Waals surface area contributed by atoms with Crippen molar-refractivity contribution in [3.8, 4) is 11.3 Å². The minimum atomic E-state index is -0.305. The number of hydrogen-bond donors (Lipinski definition) is 1. The average molecular weight is 271 g/mol. The molecule has 0 spiro atoms. The van der Waals surface area contributed by atoms with Crippen molar-refractivity contribution >= 4 is 0 Å². The summed E-state index contributed by atoms with van der Waals surface area (Å²) in [5, 5.41) is 18.8. The number of hydrogen-bond acceptors (Lipinski definition) is 3. The molecule has 1 aliphatic rings. The summed E-state index contributed by atoms with van der Waals surface area (Å²) >= 11 is 0. The Hall–Kier alpha value is -1.68. The zero-order valence-electron chi connectivity index (χ0n) is 11.7. The van der Waals surface area contributed by atoms with E-state index in [0.717, 1.165) is 36.9 Å². The van der Waals surface area contributed by atoms with E-state index in [2.05, 4.69) is 10.3 Å². The van der Waals surface area contributed by atoms with Crippen molar-refractivity contribution < 1.29 is 5.11 Å². The van der Waals surface area contributed by atoms with Crippen LogP contribution < -0.4 is 0 Å². The normalized spacial score (nSPS) is 24.1. The van der Waals surface area contributed by atoms with Crippen LogP contribution >= 0.6 is 0 Å². The summed E-state index contributed by atoms with van der Waals surface area (Å²) in [6.07, 6.45) is 8.26. The lowest BCUT2D eigenvalue weighted by atomic mass is 9.94. The van der Waals surface area contributed by atoms with Gasteiger partial charge in [0.05, 0.1) is 18.3 Å². The highest BCUT2D eigenvalue weighted by molar-refractivity contribution is 5.57. The second kappa shape index (κ2) is 6.18. The van der Waals surface area contributed by atoms with Gasteiger partial charge in [-0.2, -0.15) is 0 Å². The van der Waals surface area contributed by atoms with Crippen molar-refractivity contribution in [1.82, 2.24) is 15.0 Å². The van der Waals surface area contributed by atoms with Crippen molar-refractivity contribution in [2.75, 3.05) is 0 Å². The van der Waals surface area contributed by atoms with Crippen LogP contribution in [0.25, 0.3) is 11.3 Å². The molecule has 2 atom stereocenters.